The summed E-state index contributed by atoms with van der Waals surface area (Å²) in [5, 5.41) is 4.72. The molecule has 0 aliphatic heterocycles. The van der Waals surface area contributed by atoms with Crippen LogP contribution in [-0.2, 0) is 6.42 Å². The summed E-state index contributed by atoms with van der Waals surface area (Å²) < 4.78 is 8.55. The normalized spacial score (nSPS) is 12.1. The van der Waals surface area contributed by atoms with Gasteiger partial charge >= 0.3 is 0 Å². The summed E-state index contributed by atoms with van der Waals surface area (Å²) in [6, 6.07) is 64.3. The lowest BCUT2D eigenvalue weighted by Crippen LogP contribution is -2.00. The van der Waals surface area contributed by atoms with Gasteiger partial charge in [0.15, 0.2) is 17.5 Å². The number of aromatic nitrogens is 4. The van der Waals surface area contributed by atoms with E-state index in [1.54, 1.807) is 0 Å². The molecule has 3 aromatic heterocycles. The minimum absolute atomic E-state index is 0.660. The standard InChI is InChI=1S/C52H32N4O/c1-3-11-32(12-4-1)50-53-51(33-13-5-2-6-14-33)55-52(54-50)38-20-19-36-27-37-21-24-39(31-43(37)42(36)30-38)56-46-17-9-7-15-40(46)44-28-34(22-25-47(44)56)35-23-26-49-45(29-35)41-16-8-10-18-48(41)57-49/h1-26,28-31H,27H2. The van der Waals surface area contributed by atoms with Crippen LogP contribution in [0, 0.1) is 0 Å². The Labute approximate surface area is 328 Å². The number of hydrogen-bond donors (Lipinski definition) is 0. The van der Waals surface area contributed by atoms with Crippen LogP contribution in [0.3, 0.4) is 0 Å². The zero-order valence-corrected chi connectivity index (χ0v) is 30.7. The summed E-state index contributed by atoms with van der Waals surface area (Å²) in [7, 11) is 0. The van der Waals surface area contributed by atoms with Gasteiger partial charge in [0.2, 0.25) is 0 Å². The fraction of sp³-hybridized carbons (Fsp3) is 0.0192. The fourth-order valence-corrected chi connectivity index (χ4v) is 8.71. The van der Waals surface area contributed by atoms with E-state index in [1.807, 2.05) is 72.8 Å². The average Bonchev–Trinajstić information content (AvgIpc) is 3.95. The number of benzene rings is 8. The molecular weight excluding hydrogens is 697 g/mol. The molecule has 0 radical (unpaired) electrons. The molecule has 0 N–H and O–H groups in total. The van der Waals surface area contributed by atoms with Crippen LogP contribution in [0.1, 0.15) is 11.1 Å². The van der Waals surface area contributed by atoms with Crippen LogP contribution in [0.15, 0.2) is 186 Å². The molecule has 0 saturated heterocycles. The van der Waals surface area contributed by atoms with Gasteiger partial charge in [0, 0.05) is 43.9 Å². The second-order valence-electron chi connectivity index (χ2n) is 14.8. The predicted molar refractivity (Wildman–Crippen MR) is 231 cm³/mol. The zero-order valence-electron chi connectivity index (χ0n) is 30.7. The Morgan fingerprint density at radius 2 is 0.912 bits per heavy atom. The third-order valence-electron chi connectivity index (χ3n) is 11.5. The Morgan fingerprint density at radius 3 is 1.67 bits per heavy atom. The second kappa shape index (κ2) is 12.4. The number of hydrogen-bond acceptors (Lipinski definition) is 4. The molecule has 0 bridgehead atoms. The highest BCUT2D eigenvalue weighted by atomic mass is 16.3. The van der Waals surface area contributed by atoms with Crippen molar-refractivity contribution in [3.63, 3.8) is 0 Å². The van der Waals surface area contributed by atoms with E-state index in [2.05, 4.69) is 114 Å². The third kappa shape index (κ3) is 5.13. The van der Waals surface area contributed by atoms with Gasteiger partial charge < -0.3 is 8.98 Å². The van der Waals surface area contributed by atoms with Crippen LogP contribution in [0.4, 0.5) is 0 Å². The SMILES string of the molecule is c1ccc(-c2nc(-c3ccccc3)nc(-c3ccc4c(c3)-c3cc(-n5c6ccccc6c6cc(-c7ccc8oc9ccccc9c8c7)ccc65)ccc3C4)n2)cc1. The van der Waals surface area contributed by atoms with Gasteiger partial charge in [-0.3, -0.25) is 0 Å². The Bertz CT molecular complexity index is 3320. The highest BCUT2D eigenvalue weighted by Crippen LogP contribution is 2.42. The van der Waals surface area contributed by atoms with Gasteiger partial charge in [-0.15, -0.1) is 0 Å². The summed E-state index contributed by atoms with van der Waals surface area (Å²) in [5.74, 6) is 1.98. The van der Waals surface area contributed by atoms with E-state index in [0.29, 0.717) is 17.5 Å². The molecule has 0 spiro atoms. The van der Waals surface area contributed by atoms with Gasteiger partial charge in [0.25, 0.3) is 0 Å². The van der Waals surface area contributed by atoms with Crippen LogP contribution in [0.5, 0.6) is 0 Å². The minimum atomic E-state index is 0.660. The monoisotopic (exact) mass is 728 g/mol. The van der Waals surface area contributed by atoms with E-state index in [-0.39, 0.29) is 0 Å². The number of rotatable bonds is 5. The lowest BCUT2D eigenvalue weighted by Gasteiger charge is -2.12. The van der Waals surface area contributed by atoms with Crippen molar-refractivity contribution in [1.82, 2.24) is 19.5 Å². The van der Waals surface area contributed by atoms with Crippen molar-refractivity contribution in [3.8, 4) is 62.1 Å². The summed E-state index contributed by atoms with van der Waals surface area (Å²) in [4.78, 5) is 15.0. The van der Waals surface area contributed by atoms with Crippen molar-refractivity contribution >= 4 is 43.7 Å². The van der Waals surface area contributed by atoms with E-state index < -0.39 is 0 Å². The van der Waals surface area contributed by atoms with E-state index in [9.17, 15) is 0 Å². The zero-order chi connectivity index (χ0) is 37.5. The van der Waals surface area contributed by atoms with Crippen LogP contribution >= 0.6 is 0 Å². The summed E-state index contributed by atoms with van der Waals surface area (Å²) >= 11 is 0. The second-order valence-corrected chi connectivity index (χ2v) is 14.8. The van der Waals surface area contributed by atoms with Crippen LogP contribution in [-0.4, -0.2) is 19.5 Å². The van der Waals surface area contributed by atoms with Crippen LogP contribution < -0.4 is 0 Å². The first-order chi connectivity index (χ1) is 28.2. The molecule has 0 saturated carbocycles. The number of furan rings is 1. The quantitative estimate of drug-likeness (QED) is 0.177. The molecule has 8 aromatic carbocycles. The first-order valence-electron chi connectivity index (χ1n) is 19.3. The molecule has 0 unspecified atom stereocenters. The number of fused-ring (bicyclic) bond motifs is 9. The van der Waals surface area contributed by atoms with Crippen molar-refractivity contribution in [2.45, 2.75) is 6.42 Å². The Morgan fingerprint density at radius 1 is 0.368 bits per heavy atom. The molecule has 11 aromatic rings. The topological polar surface area (TPSA) is 56.7 Å². The molecule has 1 aliphatic rings. The maximum absolute atomic E-state index is 6.14. The van der Waals surface area contributed by atoms with E-state index >= 15 is 0 Å². The van der Waals surface area contributed by atoms with Gasteiger partial charge in [-0.25, -0.2) is 15.0 Å². The first kappa shape index (κ1) is 31.7. The van der Waals surface area contributed by atoms with Crippen LogP contribution in [0.2, 0.25) is 0 Å². The predicted octanol–water partition coefficient (Wildman–Crippen LogP) is 13.1. The van der Waals surface area contributed by atoms with Crippen LogP contribution in [0.25, 0.3) is 106 Å². The van der Waals surface area contributed by atoms with Gasteiger partial charge in [-0.2, -0.15) is 0 Å². The first-order valence-corrected chi connectivity index (χ1v) is 19.3. The molecule has 1 aliphatic carbocycles. The molecule has 5 nitrogen and oxygen atoms in total. The van der Waals surface area contributed by atoms with Gasteiger partial charge in [-0.1, -0.05) is 127 Å². The van der Waals surface area contributed by atoms with Gasteiger partial charge in [-0.05, 0) is 94.4 Å². The Hall–Kier alpha value is -7.63. The summed E-state index contributed by atoms with van der Waals surface area (Å²) in [5.41, 5.74) is 15.6. The molecule has 0 atom stereocenters. The molecule has 3 heterocycles. The molecule has 266 valence electrons. The molecule has 57 heavy (non-hydrogen) atoms. The van der Waals surface area contributed by atoms with Gasteiger partial charge in [0.05, 0.1) is 11.0 Å². The highest BCUT2D eigenvalue weighted by Gasteiger charge is 2.23. The molecule has 0 amide bonds. The fourth-order valence-electron chi connectivity index (χ4n) is 8.71. The number of para-hydroxylation sites is 2. The molecular formula is C52H32N4O. The van der Waals surface area contributed by atoms with Crippen molar-refractivity contribution in [3.05, 3.63) is 193 Å². The van der Waals surface area contributed by atoms with Crippen molar-refractivity contribution in [2.24, 2.45) is 0 Å². The smallest absolute Gasteiger partial charge is 0.164 e. The summed E-state index contributed by atoms with van der Waals surface area (Å²) in [6.45, 7) is 0. The lowest BCUT2D eigenvalue weighted by molar-refractivity contribution is 0.669. The minimum Gasteiger partial charge on any atom is -0.456 e. The summed E-state index contributed by atoms with van der Waals surface area (Å²) in [6.07, 6.45) is 0.889. The van der Waals surface area contributed by atoms with Crippen molar-refractivity contribution in [2.75, 3.05) is 0 Å². The molecule has 5 heteroatoms. The lowest BCUT2D eigenvalue weighted by atomic mass is 10.0. The van der Waals surface area contributed by atoms with Gasteiger partial charge in [0.1, 0.15) is 11.2 Å². The molecule has 12 rings (SSSR count). The maximum atomic E-state index is 6.14. The highest BCUT2D eigenvalue weighted by molar-refractivity contribution is 6.11. The van der Waals surface area contributed by atoms with E-state index in [1.165, 1.54) is 55.2 Å². The van der Waals surface area contributed by atoms with E-state index in [0.717, 1.165) is 50.7 Å². The maximum Gasteiger partial charge on any atom is 0.164 e. The third-order valence-corrected chi connectivity index (χ3v) is 11.5. The van der Waals surface area contributed by atoms with E-state index in [4.69, 9.17) is 19.4 Å². The van der Waals surface area contributed by atoms with Crippen molar-refractivity contribution < 1.29 is 4.42 Å². The largest absolute Gasteiger partial charge is 0.456 e. The average molecular weight is 729 g/mol. The Balaban J connectivity index is 0.972. The van der Waals surface area contributed by atoms with Crippen molar-refractivity contribution in [1.29, 1.82) is 0 Å². The Kier molecular flexibility index (Phi) is 6.92. The number of nitrogens with zero attached hydrogens (tertiary/aromatic N) is 4. The molecule has 0 fully saturated rings.